The quantitative estimate of drug-likeness (QED) is 0.832. The lowest BCUT2D eigenvalue weighted by atomic mass is 10.0. The Morgan fingerprint density at radius 3 is 2.63 bits per heavy atom. The average molecular weight is 259 g/mol. The third kappa shape index (κ3) is 4.39. The van der Waals surface area contributed by atoms with Crippen LogP contribution in [0.4, 0.5) is 0 Å². The first-order chi connectivity index (χ1) is 9.06. The first-order valence-electron chi connectivity index (χ1n) is 7.26. The third-order valence-corrected chi connectivity index (χ3v) is 3.30. The summed E-state index contributed by atoms with van der Waals surface area (Å²) in [5.41, 5.74) is 8.46. The number of nitrogens with two attached hydrogens (primary N) is 1. The van der Waals surface area contributed by atoms with E-state index in [1.165, 1.54) is 18.4 Å². The molecule has 0 amide bonds. The number of hydrogen-bond acceptors (Lipinski definition) is 2. The van der Waals surface area contributed by atoms with Gasteiger partial charge in [-0.1, -0.05) is 32.1 Å². The lowest BCUT2D eigenvalue weighted by Crippen LogP contribution is -2.09. The fourth-order valence-electron chi connectivity index (χ4n) is 1.98. The van der Waals surface area contributed by atoms with Crippen molar-refractivity contribution in [3.8, 4) is 5.75 Å². The molecule has 1 atom stereocenters. The van der Waals surface area contributed by atoms with Gasteiger partial charge < -0.3 is 10.5 Å². The van der Waals surface area contributed by atoms with E-state index in [1.807, 2.05) is 13.0 Å². The van der Waals surface area contributed by atoms with Crippen molar-refractivity contribution in [2.45, 2.75) is 39.7 Å². The first kappa shape index (κ1) is 14.1. The minimum absolute atomic E-state index is 0.0291. The molecule has 0 unspecified atom stereocenters. The Hall–Kier alpha value is -1.28. The zero-order chi connectivity index (χ0) is 13.8. The normalized spacial score (nSPS) is 17.1. The smallest absolute Gasteiger partial charge is 0.119 e. The van der Waals surface area contributed by atoms with Crippen molar-refractivity contribution in [1.29, 1.82) is 0 Å². The summed E-state index contributed by atoms with van der Waals surface area (Å²) in [5, 5.41) is 0. The first-order valence-corrected chi connectivity index (χ1v) is 7.26. The Kier molecular flexibility index (Phi) is 4.65. The molecule has 1 aromatic carbocycles. The van der Waals surface area contributed by atoms with Gasteiger partial charge in [-0.25, -0.2) is 0 Å². The molecule has 0 aromatic heterocycles. The molecule has 0 saturated heterocycles. The summed E-state index contributed by atoms with van der Waals surface area (Å²) >= 11 is 0. The van der Waals surface area contributed by atoms with E-state index in [2.05, 4.69) is 38.1 Å². The molecule has 1 aromatic rings. The maximum absolute atomic E-state index is 6.07. The second-order valence-corrected chi connectivity index (χ2v) is 5.98. The molecule has 1 aliphatic rings. The summed E-state index contributed by atoms with van der Waals surface area (Å²) in [4.78, 5) is 0. The van der Waals surface area contributed by atoms with Gasteiger partial charge in [-0.15, -0.1) is 0 Å². The molecule has 19 heavy (non-hydrogen) atoms. The zero-order valence-electron chi connectivity index (χ0n) is 12.2. The van der Waals surface area contributed by atoms with Gasteiger partial charge in [-0.3, -0.25) is 0 Å². The molecule has 0 radical (unpaired) electrons. The Morgan fingerprint density at radius 1 is 1.32 bits per heavy atom. The SMILES string of the molecule is CC(C)COc1ccc(/C=C/C2CC2)c([C@H](C)N)c1. The summed E-state index contributed by atoms with van der Waals surface area (Å²) in [6.45, 7) is 7.07. The monoisotopic (exact) mass is 259 g/mol. The molecule has 2 nitrogen and oxygen atoms in total. The topological polar surface area (TPSA) is 35.2 Å². The van der Waals surface area contributed by atoms with E-state index in [9.17, 15) is 0 Å². The molecule has 104 valence electrons. The maximum Gasteiger partial charge on any atom is 0.119 e. The molecular weight excluding hydrogens is 234 g/mol. The van der Waals surface area contributed by atoms with Crippen LogP contribution in [0.3, 0.4) is 0 Å². The van der Waals surface area contributed by atoms with Crippen molar-refractivity contribution < 1.29 is 4.74 Å². The predicted molar refractivity (Wildman–Crippen MR) is 81.1 cm³/mol. The molecule has 1 fully saturated rings. The Bertz CT molecular complexity index is 445. The van der Waals surface area contributed by atoms with Gasteiger partial charge in [0.15, 0.2) is 0 Å². The molecule has 0 heterocycles. The molecule has 2 heteroatoms. The molecule has 0 aliphatic heterocycles. The van der Waals surface area contributed by atoms with Gasteiger partial charge in [-0.2, -0.15) is 0 Å². The Balaban J connectivity index is 2.14. The van der Waals surface area contributed by atoms with Gasteiger partial charge in [-0.05, 0) is 54.9 Å². The zero-order valence-corrected chi connectivity index (χ0v) is 12.2. The van der Waals surface area contributed by atoms with Crippen LogP contribution in [0.25, 0.3) is 6.08 Å². The molecule has 2 N–H and O–H groups in total. The summed E-state index contributed by atoms with van der Waals surface area (Å²) in [5.74, 6) is 2.25. The minimum Gasteiger partial charge on any atom is -0.493 e. The van der Waals surface area contributed by atoms with Crippen molar-refractivity contribution in [1.82, 2.24) is 0 Å². The van der Waals surface area contributed by atoms with Gasteiger partial charge in [0.2, 0.25) is 0 Å². The van der Waals surface area contributed by atoms with Crippen LogP contribution >= 0.6 is 0 Å². The van der Waals surface area contributed by atoms with Crippen LogP contribution in [0.2, 0.25) is 0 Å². The molecule has 1 saturated carbocycles. The van der Waals surface area contributed by atoms with Crippen molar-refractivity contribution in [2.24, 2.45) is 17.6 Å². The summed E-state index contributed by atoms with van der Waals surface area (Å²) in [7, 11) is 0. The summed E-state index contributed by atoms with van der Waals surface area (Å²) < 4.78 is 5.77. The predicted octanol–water partition coefficient (Wildman–Crippen LogP) is 4.16. The highest BCUT2D eigenvalue weighted by atomic mass is 16.5. The molecule has 0 bridgehead atoms. The van der Waals surface area contributed by atoms with Crippen molar-refractivity contribution >= 4 is 6.08 Å². The van der Waals surface area contributed by atoms with Crippen molar-refractivity contribution in [3.05, 3.63) is 35.4 Å². The van der Waals surface area contributed by atoms with Crippen LogP contribution in [-0.2, 0) is 0 Å². The van der Waals surface area contributed by atoms with Gasteiger partial charge in [0.1, 0.15) is 5.75 Å². The third-order valence-electron chi connectivity index (χ3n) is 3.30. The number of ether oxygens (including phenoxy) is 1. The summed E-state index contributed by atoms with van der Waals surface area (Å²) in [6, 6.07) is 6.27. The van der Waals surface area contributed by atoms with E-state index in [0.29, 0.717) is 5.92 Å². The van der Waals surface area contributed by atoms with E-state index >= 15 is 0 Å². The highest BCUT2D eigenvalue weighted by molar-refractivity contribution is 5.57. The summed E-state index contributed by atoms with van der Waals surface area (Å²) in [6.07, 6.45) is 7.18. The number of hydrogen-bond donors (Lipinski definition) is 1. The van der Waals surface area contributed by atoms with E-state index in [0.717, 1.165) is 23.8 Å². The fraction of sp³-hybridized carbons (Fsp3) is 0.529. The van der Waals surface area contributed by atoms with Gasteiger partial charge in [0, 0.05) is 6.04 Å². The van der Waals surface area contributed by atoms with Crippen LogP contribution in [-0.4, -0.2) is 6.61 Å². The number of rotatable bonds is 6. The fourth-order valence-corrected chi connectivity index (χ4v) is 1.98. The van der Waals surface area contributed by atoms with Crippen molar-refractivity contribution in [2.75, 3.05) is 6.61 Å². The van der Waals surface area contributed by atoms with Crippen LogP contribution in [0.5, 0.6) is 5.75 Å². The standard InChI is InChI=1S/C17H25NO/c1-12(2)11-19-16-9-8-15(7-6-14-4-5-14)17(10-16)13(3)18/h6-10,12-14H,4-5,11,18H2,1-3H3/b7-6+/t13-/m0/s1. The Labute approximate surface area is 116 Å². The van der Waals surface area contributed by atoms with Crippen LogP contribution in [0.1, 0.15) is 50.8 Å². The van der Waals surface area contributed by atoms with E-state index in [4.69, 9.17) is 10.5 Å². The second kappa shape index (κ2) is 6.25. The molecule has 0 spiro atoms. The Morgan fingerprint density at radius 2 is 2.05 bits per heavy atom. The van der Waals surface area contributed by atoms with Crippen LogP contribution in [0, 0.1) is 11.8 Å². The lowest BCUT2D eigenvalue weighted by molar-refractivity contribution is 0.270. The van der Waals surface area contributed by atoms with Gasteiger partial charge in [0.05, 0.1) is 6.61 Å². The minimum atomic E-state index is 0.0291. The number of allylic oxidation sites excluding steroid dienone is 1. The second-order valence-electron chi connectivity index (χ2n) is 5.98. The number of benzene rings is 1. The van der Waals surface area contributed by atoms with Crippen molar-refractivity contribution in [3.63, 3.8) is 0 Å². The highest BCUT2D eigenvalue weighted by Crippen LogP contribution is 2.32. The molecular formula is C17H25NO. The average Bonchev–Trinajstić information content (AvgIpc) is 3.18. The highest BCUT2D eigenvalue weighted by Gasteiger charge is 2.17. The van der Waals surface area contributed by atoms with E-state index in [1.54, 1.807) is 0 Å². The molecule has 1 aliphatic carbocycles. The molecule has 2 rings (SSSR count). The van der Waals surface area contributed by atoms with Gasteiger partial charge in [0.25, 0.3) is 0 Å². The van der Waals surface area contributed by atoms with E-state index < -0.39 is 0 Å². The van der Waals surface area contributed by atoms with Crippen LogP contribution < -0.4 is 10.5 Å². The van der Waals surface area contributed by atoms with E-state index in [-0.39, 0.29) is 6.04 Å². The van der Waals surface area contributed by atoms with Crippen LogP contribution in [0.15, 0.2) is 24.3 Å². The lowest BCUT2D eigenvalue weighted by Gasteiger charge is -2.14. The maximum atomic E-state index is 6.07. The van der Waals surface area contributed by atoms with Gasteiger partial charge >= 0.3 is 0 Å². The largest absolute Gasteiger partial charge is 0.493 e.